The highest BCUT2D eigenvalue weighted by Crippen LogP contribution is 2.17. The zero-order valence-electron chi connectivity index (χ0n) is 17.1. The fraction of sp³-hybridized carbons (Fsp3) is 0.400. The van der Waals surface area contributed by atoms with E-state index < -0.39 is 5.97 Å². The second-order valence-corrected chi connectivity index (χ2v) is 6.50. The van der Waals surface area contributed by atoms with Gasteiger partial charge < -0.3 is 19.7 Å². The Kier molecular flexibility index (Phi) is 7.76. The van der Waals surface area contributed by atoms with Gasteiger partial charge in [0.2, 0.25) is 11.8 Å². The Morgan fingerprint density at radius 1 is 1.21 bits per heavy atom. The number of benzene rings is 1. The lowest BCUT2D eigenvalue weighted by Gasteiger charge is -2.16. The Hall–Kier alpha value is -3.36. The van der Waals surface area contributed by atoms with E-state index in [1.54, 1.807) is 31.3 Å². The smallest absolute Gasteiger partial charge is 0.338 e. The van der Waals surface area contributed by atoms with Crippen molar-refractivity contribution in [2.45, 2.75) is 19.8 Å². The molecule has 1 aromatic heterocycles. The largest absolute Gasteiger partial charge is 0.479 e. The van der Waals surface area contributed by atoms with Crippen LogP contribution in [0.15, 0.2) is 30.5 Å². The molecule has 0 fully saturated rings. The maximum absolute atomic E-state index is 12.5. The van der Waals surface area contributed by atoms with Crippen LogP contribution in [0.4, 0.5) is 5.69 Å². The van der Waals surface area contributed by atoms with Crippen LogP contribution in [0.2, 0.25) is 0 Å². The van der Waals surface area contributed by atoms with Gasteiger partial charge in [-0.1, -0.05) is 13.3 Å². The van der Waals surface area contributed by atoms with Gasteiger partial charge in [0, 0.05) is 26.0 Å². The van der Waals surface area contributed by atoms with Crippen LogP contribution >= 0.6 is 0 Å². The van der Waals surface area contributed by atoms with Crippen molar-refractivity contribution in [2.24, 2.45) is 7.05 Å². The summed E-state index contributed by atoms with van der Waals surface area (Å²) in [5.74, 6) is -0.949. The van der Waals surface area contributed by atoms with Gasteiger partial charge in [0.05, 0.1) is 25.8 Å². The summed E-state index contributed by atoms with van der Waals surface area (Å²) in [6, 6.07) is 6.39. The highest BCUT2D eigenvalue weighted by molar-refractivity contribution is 6.00. The number of unbranched alkanes of at least 4 members (excludes halogenated alkanes) is 1. The van der Waals surface area contributed by atoms with Gasteiger partial charge in [-0.05, 0) is 30.7 Å². The van der Waals surface area contributed by atoms with Crippen molar-refractivity contribution in [3.8, 4) is 5.88 Å². The standard InChI is InChI=1S/C20H26N4O5/c1-5-6-11-29-20(27)14-7-9-15(10-8-14)21-17(25)13-23(2)19(26)16-12-24(3)22-18(16)28-4/h7-10,12H,5-6,11,13H2,1-4H3,(H,21,25). The molecule has 1 aromatic carbocycles. The monoisotopic (exact) mass is 402 g/mol. The van der Waals surface area contributed by atoms with Crippen molar-refractivity contribution < 1.29 is 23.9 Å². The van der Waals surface area contributed by atoms with Gasteiger partial charge in [0.25, 0.3) is 5.91 Å². The fourth-order valence-corrected chi connectivity index (χ4v) is 2.54. The average Bonchev–Trinajstić information content (AvgIpc) is 3.08. The van der Waals surface area contributed by atoms with Crippen molar-refractivity contribution >= 4 is 23.5 Å². The van der Waals surface area contributed by atoms with E-state index in [2.05, 4.69) is 10.4 Å². The number of nitrogens with one attached hydrogen (secondary N) is 1. The van der Waals surface area contributed by atoms with Crippen LogP contribution in [-0.4, -0.2) is 59.8 Å². The van der Waals surface area contributed by atoms with Crippen LogP contribution in [0.3, 0.4) is 0 Å². The second kappa shape index (κ2) is 10.3. The molecule has 1 N–H and O–H groups in total. The Morgan fingerprint density at radius 2 is 1.90 bits per heavy atom. The van der Waals surface area contributed by atoms with Crippen molar-refractivity contribution in [1.29, 1.82) is 0 Å². The van der Waals surface area contributed by atoms with Gasteiger partial charge >= 0.3 is 5.97 Å². The van der Waals surface area contributed by atoms with Crippen LogP contribution < -0.4 is 10.1 Å². The van der Waals surface area contributed by atoms with E-state index in [-0.39, 0.29) is 29.8 Å². The fourth-order valence-electron chi connectivity index (χ4n) is 2.54. The summed E-state index contributed by atoms with van der Waals surface area (Å²) in [6.07, 6.45) is 3.30. The number of esters is 1. The van der Waals surface area contributed by atoms with E-state index >= 15 is 0 Å². The molecule has 0 bridgehead atoms. The molecule has 0 radical (unpaired) electrons. The number of hydrogen-bond acceptors (Lipinski definition) is 6. The third-order valence-electron chi connectivity index (χ3n) is 4.08. The van der Waals surface area contributed by atoms with Gasteiger partial charge in [-0.15, -0.1) is 5.10 Å². The minimum absolute atomic E-state index is 0.155. The summed E-state index contributed by atoms with van der Waals surface area (Å²) >= 11 is 0. The van der Waals surface area contributed by atoms with E-state index in [1.807, 2.05) is 6.92 Å². The third kappa shape index (κ3) is 6.06. The van der Waals surface area contributed by atoms with Gasteiger partial charge in [-0.2, -0.15) is 0 Å². The molecule has 2 aromatic rings. The first-order valence-corrected chi connectivity index (χ1v) is 9.25. The second-order valence-electron chi connectivity index (χ2n) is 6.50. The first-order chi connectivity index (χ1) is 13.8. The topological polar surface area (TPSA) is 103 Å². The first kappa shape index (κ1) is 21.9. The number of carbonyl (C=O) groups excluding carboxylic acids is 3. The van der Waals surface area contributed by atoms with Crippen molar-refractivity contribution in [3.05, 3.63) is 41.6 Å². The molecule has 0 spiro atoms. The van der Waals surface area contributed by atoms with Crippen LogP contribution in [0, 0.1) is 0 Å². The van der Waals surface area contributed by atoms with Crippen molar-refractivity contribution in [3.63, 3.8) is 0 Å². The lowest BCUT2D eigenvalue weighted by Crippen LogP contribution is -2.35. The third-order valence-corrected chi connectivity index (χ3v) is 4.08. The molecule has 2 amide bonds. The summed E-state index contributed by atoms with van der Waals surface area (Å²) < 4.78 is 11.7. The van der Waals surface area contributed by atoms with E-state index in [9.17, 15) is 14.4 Å². The number of ether oxygens (including phenoxy) is 2. The van der Waals surface area contributed by atoms with Crippen molar-refractivity contribution in [2.75, 3.05) is 32.6 Å². The molecule has 0 saturated heterocycles. The molecule has 9 nitrogen and oxygen atoms in total. The normalized spacial score (nSPS) is 10.3. The van der Waals surface area contributed by atoms with Crippen LogP contribution in [0.25, 0.3) is 0 Å². The van der Waals surface area contributed by atoms with Gasteiger partial charge in [0.1, 0.15) is 5.56 Å². The molecule has 0 aliphatic rings. The number of anilines is 1. The molecule has 0 aliphatic heterocycles. The molecule has 9 heteroatoms. The number of amides is 2. The Bertz CT molecular complexity index is 860. The first-order valence-electron chi connectivity index (χ1n) is 9.25. The predicted molar refractivity (Wildman–Crippen MR) is 107 cm³/mol. The number of rotatable bonds is 9. The number of hydrogen-bond donors (Lipinski definition) is 1. The molecule has 0 atom stereocenters. The molecule has 0 saturated carbocycles. The van der Waals surface area contributed by atoms with Crippen LogP contribution in [-0.2, 0) is 16.6 Å². The van der Waals surface area contributed by atoms with Gasteiger partial charge in [-0.3, -0.25) is 14.3 Å². The molecule has 29 heavy (non-hydrogen) atoms. The SMILES string of the molecule is CCCCOC(=O)c1ccc(NC(=O)CN(C)C(=O)c2cn(C)nc2OC)cc1. The van der Waals surface area contributed by atoms with Gasteiger partial charge in [-0.25, -0.2) is 4.79 Å². The summed E-state index contributed by atoms with van der Waals surface area (Å²) in [7, 11) is 4.62. The molecule has 156 valence electrons. The Balaban J connectivity index is 1.91. The van der Waals surface area contributed by atoms with Crippen LogP contribution in [0.1, 0.15) is 40.5 Å². The highest BCUT2D eigenvalue weighted by atomic mass is 16.5. The van der Waals surface area contributed by atoms with Crippen molar-refractivity contribution in [1.82, 2.24) is 14.7 Å². The lowest BCUT2D eigenvalue weighted by molar-refractivity contribution is -0.116. The average molecular weight is 402 g/mol. The highest BCUT2D eigenvalue weighted by Gasteiger charge is 2.21. The summed E-state index contributed by atoms with van der Waals surface area (Å²) in [5.41, 5.74) is 1.20. The minimum atomic E-state index is -0.396. The quantitative estimate of drug-likeness (QED) is 0.509. The maximum atomic E-state index is 12.5. The molecular weight excluding hydrogens is 376 g/mol. The van der Waals surface area contributed by atoms with Crippen LogP contribution in [0.5, 0.6) is 5.88 Å². The molecule has 1 heterocycles. The Morgan fingerprint density at radius 3 is 2.52 bits per heavy atom. The van der Waals surface area contributed by atoms with E-state index in [1.165, 1.54) is 29.9 Å². The number of nitrogens with zero attached hydrogens (tertiary/aromatic N) is 3. The van der Waals surface area contributed by atoms with Gasteiger partial charge in [0.15, 0.2) is 0 Å². The number of aryl methyl sites for hydroxylation is 1. The predicted octanol–water partition coefficient (Wildman–Crippen LogP) is 2.10. The number of carbonyl (C=O) groups is 3. The number of methoxy groups -OCH3 is 1. The molecule has 0 aliphatic carbocycles. The number of aromatic nitrogens is 2. The minimum Gasteiger partial charge on any atom is -0.479 e. The summed E-state index contributed by atoms with van der Waals surface area (Å²) in [5, 5.41) is 6.73. The maximum Gasteiger partial charge on any atom is 0.338 e. The summed E-state index contributed by atoms with van der Waals surface area (Å²) in [6.45, 7) is 2.25. The molecular formula is C20H26N4O5. The van der Waals surface area contributed by atoms with E-state index in [4.69, 9.17) is 9.47 Å². The number of likely N-dealkylation sites (N-methyl/N-ethyl adjacent to an activating group) is 1. The van der Waals surface area contributed by atoms with E-state index in [0.29, 0.717) is 17.9 Å². The lowest BCUT2D eigenvalue weighted by atomic mass is 10.2. The molecule has 2 rings (SSSR count). The van der Waals surface area contributed by atoms with E-state index in [0.717, 1.165) is 12.8 Å². The zero-order valence-corrected chi connectivity index (χ0v) is 17.1. The Labute approximate surface area is 169 Å². The zero-order chi connectivity index (χ0) is 21.4. The molecule has 0 unspecified atom stereocenters. The summed E-state index contributed by atoms with van der Waals surface area (Å²) in [4.78, 5) is 37.9.